The molecule has 0 spiro atoms. The summed E-state index contributed by atoms with van der Waals surface area (Å²) < 4.78 is 4.25. The molecule has 1 fully saturated rings. The summed E-state index contributed by atoms with van der Waals surface area (Å²) in [4.78, 5) is 2.43. The van der Waals surface area contributed by atoms with Gasteiger partial charge in [0, 0.05) is 19.6 Å². The molecule has 0 amide bonds. The number of rotatable bonds is 7. The van der Waals surface area contributed by atoms with Crippen molar-refractivity contribution < 1.29 is 5.11 Å². The third-order valence-electron chi connectivity index (χ3n) is 4.70. The number of aliphatic hydroxyl groups is 1. The highest BCUT2D eigenvalue weighted by molar-refractivity contribution is 7.71. The topological polar surface area (TPSA) is 46.2 Å². The maximum Gasteiger partial charge on any atom is 0.198 e. The number of hydrogen-bond acceptors (Lipinski definition) is 4. The average Bonchev–Trinajstić information content (AvgIpc) is 3.38. The van der Waals surface area contributed by atoms with E-state index in [4.69, 9.17) is 12.2 Å². The summed E-state index contributed by atoms with van der Waals surface area (Å²) in [7, 11) is 1.85. The van der Waals surface area contributed by atoms with E-state index in [0.29, 0.717) is 23.3 Å². The molecule has 1 aromatic carbocycles. The minimum Gasteiger partial charge on any atom is -0.388 e. The van der Waals surface area contributed by atoms with Crippen LogP contribution in [-0.2, 0) is 26.9 Å². The number of hydrogen-bond donors (Lipinski definition) is 1. The maximum atomic E-state index is 9.38. The van der Waals surface area contributed by atoms with Crippen molar-refractivity contribution in [3.8, 4) is 0 Å². The molecule has 3 rings (SSSR count). The first-order chi connectivity index (χ1) is 11.1. The monoisotopic (exact) mass is 332 g/mol. The van der Waals surface area contributed by atoms with Gasteiger partial charge in [-0.1, -0.05) is 30.3 Å². The fourth-order valence-electron chi connectivity index (χ4n) is 2.95. The quantitative estimate of drug-likeness (QED) is 0.792. The first-order valence-corrected chi connectivity index (χ1v) is 8.52. The van der Waals surface area contributed by atoms with Crippen molar-refractivity contribution in [1.29, 1.82) is 0 Å². The molecule has 1 aliphatic rings. The summed E-state index contributed by atoms with van der Waals surface area (Å²) in [6.45, 7) is 3.73. The zero-order chi connectivity index (χ0) is 16.4. The van der Waals surface area contributed by atoms with Gasteiger partial charge in [0.25, 0.3) is 0 Å². The number of benzene rings is 1. The molecule has 1 saturated carbocycles. The Balaban J connectivity index is 1.82. The molecule has 23 heavy (non-hydrogen) atoms. The van der Waals surface area contributed by atoms with E-state index in [0.717, 1.165) is 12.5 Å². The predicted molar refractivity (Wildman–Crippen MR) is 92.1 cm³/mol. The van der Waals surface area contributed by atoms with E-state index in [-0.39, 0.29) is 6.61 Å². The average molecular weight is 332 g/mol. The van der Waals surface area contributed by atoms with Gasteiger partial charge in [-0.15, -0.1) is 0 Å². The first-order valence-electron chi connectivity index (χ1n) is 8.11. The van der Waals surface area contributed by atoms with Crippen LogP contribution >= 0.6 is 12.2 Å². The Kier molecular flexibility index (Phi) is 4.94. The highest BCUT2D eigenvalue weighted by atomic mass is 32.1. The van der Waals surface area contributed by atoms with E-state index in [2.05, 4.69) is 41.2 Å². The van der Waals surface area contributed by atoms with Gasteiger partial charge in [-0.05, 0) is 43.5 Å². The summed E-state index contributed by atoms with van der Waals surface area (Å²) in [5.74, 6) is 1.38. The molecule has 5 nitrogen and oxygen atoms in total. The molecule has 0 radical (unpaired) electrons. The molecule has 1 unspecified atom stereocenters. The van der Waals surface area contributed by atoms with Gasteiger partial charge in [-0.2, -0.15) is 5.10 Å². The molecule has 0 saturated heterocycles. The van der Waals surface area contributed by atoms with Crippen LogP contribution in [0.2, 0.25) is 0 Å². The van der Waals surface area contributed by atoms with Gasteiger partial charge < -0.3 is 9.67 Å². The van der Waals surface area contributed by atoms with Crippen LogP contribution in [0.5, 0.6) is 0 Å². The van der Waals surface area contributed by atoms with E-state index >= 15 is 0 Å². The molecule has 6 heteroatoms. The van der Waals surface area contributed by atoms with Crippen LogP contribution in [0.25, 0.3) is 0 Å². The molecular formula is C17H24N4OS. The summed E-state index contributed by atoms with van der Waals surface area (Å²) in [6.07, 6.45) is 2.62. The summed E-state index contributed by atoms with van der Waals surface area (Å²) in [5.41, 5.74) is 1.30. The van der Waals surface area contributed by atoms with Crippen LogP contribution < -0.4 is 0 Å². The SMILES string of the molecule is CC(C1CC1)N(Cc1ccccc1)Cn1nc(CO)n(C)c1=S. The van der Waals surface area contributed by atoms with E-state index in [1.165, 1.54) is 18.4 Å². The Bertz CT molecular complexity index is 705. The van der Waals surface area contributed by atoms with Crippen molar-refractivity contribution in [2.24, 2.45) is 13.0 Å². The molecule has 1 aliphatic carbocycles. The van der Waals surface area contributed by atoms with Crippen molar-refractivity contribution in [3.63, 3.8) is 0 Å². The third-order valence-corrected chi connectivity index (χ3v) is 5.18. The number of nitrogens with zero attached hydrogens (tertiary/aromatic N) is 4. The second-order valence-corrected chi connectivity index (χ2v) is 6.73. The third kappa shape index (κ3) is 3.71. The number of aliphatic hydroxyl groups excluding tert-OH is 1. The zero-order valence-corrected chi connectivity index (χ0v) is 14.5. The standard InChI is InChI=1S/C17H24N4OS/c1-13(15-8-9-15)20(10-14-6-4-3-5-7-14)12-21-17(23)19(2)16(11-22)18-21/h3-7,13,15,22H,8-12H2,1-2H3. The summed E-state index contributed by atoms with van der Waals surface area (Å²) >= 11 is 5.46. The van der Waals surface area contributed by atoms with E-state index in [1.807, 2.05) is 17.8 Å². The summed E-state index contributed by atoms with van der Waals surface area (Å²) in [6, 6.07) is 11.0. The van der Waals surface area contributed by atoms with Crippen LogP contribution in [0.1, 0.15) is 31.2 Å². The van der Waals surface area contributed by atoms with Crippen LogP contribution in [0.4, 0.5) is 0 Å². The smallest absolute Gasteiger partial charge is 0.198 e. The maximum absolute atomic E-state index is 9.38. The van der Waals surface area contributed by atoms with E-state index in [1.54, 1.807) is 4.57 Å². The molecule has 0 bridgehead atoms. The van der Waals surface area contributed by atoms with Gasteiger partial charge in [0.2, 0.25) is 0 Å². The van der Waals surface area contributed by atoms with Gasteiger partial charge in [0.15, 0.2) is 10.6 Å². The Hall–Kier alpha value is -1.50. The highest BCUT2D eigenvalue weighted by Crippen LogP contribution is 2.35. The van der Waals surface area contributed by atoms with Crippen molar-refractivity contribution in [2.45, 2.75) is 45.6 Å². The summed E-state index contributed by atoms with van der Waals surface area (Å²) in [5, 5.41) is 13.8. The van der Waals surface area contributed by atoms with Crippen LogP contribution in [0.15, 0.2) is 30.3 Å². The van der Waals surface area contributed by atoms with Crippen LogP contribution in [0.3, 0.4) is 0 Å². The van der Waals surface area contributed by atoms with Gasteiger partial charge in [-0.25, -0.2) is 4.68 Å². The molecular weight excluding hydrogens is 308 g/mol. The van der Waals surface area contributed by atoms with Crippen molar-refractivity contribution in [3.05, 3.63) is 46.5 Å². The molecule has 0 aliphatic heterocycles. The van der Waals surface area contributed by atoms with Crippen molar-refractivity contribution in [1.82, 2.24) is 19.2 Å². The second-order valence-electron chi connectivity index (χ2n) is 6.37. The Labute approximate surface area is 142 Å². The minimum atomic E-state index is -0.0933. The molecule has 1 N–H and O–H groups in total. The van der Waals surface area contributed by atoms with Crippen LogP contribution in [0, 0.1) is 10.7 Å². The fraction of sp³-hybridized carbons (Fsp3) is 0.529. The predicted octanol–water partition coefficient (Wildman–Crippen LogP) is 2.70. The molecule has 2 aromatic rings. The van der Waals surface area contributed by atoms with Crippen molar-refractivity contribution >= 4 is 12.2 Å². The normalized spacial score (nSPS) is 16.0. The molecule has 124 valence electrons. The lowest BCUT2D eigenvalue weighted by molar-refractivity contribution is 0.127. The Morgan fingerprint density at radius 3 is 2.61 bits per heavy atom. The zero-order valence-electron chi connectivity index (χ0n) is 13.7. The highest BCUT2D eigenvalue weighted by Gasteiger charge is 2.32. The lowest BCUT2D eigenvalue weighted by Crippen LogP contribution is -2.36. The first kappa shape index (κ1) is 16.4. The van der Waals surface area contributed by atoms with Gasteiger partial charge in [0.05, 0.1) is 6.67 Å². The minimum absolute atomic E-state index is 0.0933. The molecule has 1 atom stereocenters. The van der Waals surface area contributed by atoms with E-state index < -0.39 is 0 Å². The van der Waals surface area contributed by atoms with E-state index in [9.17, 15) is 5.11 Å². The largest absolute Gasteiger partial charge is 0.388 e. The fourth-order valence-corrected chi connectivity index (χ4v) is 3.16. The van der Waals surface area contributed by atoms with Gasteiger partial charge >= 0.3 is 0 Å². The number of aromatic nitrogens is 3. The van der Waals surface area contributed by atoms with Crippen molar-refractivity contribution in [2.75, 3.05) is 0 Å². The lowest BCUT2D eigenvalue weighted by atomic mass is 10.1. The Morgan fingerprint density at radius 2 is 2.04 bits per heavy atom. The van der Waals surface area contributed by atoms with Gasteiger partial charge in [-0.3, -0.25) is 4.90 Å². The Morgan fingerprint density at radius 1 is 1.35 bits per heavy atom. The molecule has 1 aromatic heterocycles. The lowest BCUT2D eigenvalue weighted by Gasteiger charge is -2.29. The van der Waals surface area contributed by atoms with Gasteiger partial charge in [0.1, 0.15) is 6.61 Å². The van der Waals surface area contributed by atoms with Crippen LogP contribution in [-0.4, -0.2) is 30.4 Å². The second kappa shape index (κ2) is 6.95. The molecule has 1 heterocycles.